The van der Waals surface area contributed by atoms with Gasteiger partial charge in [-0.25, -0.2) is 9.59 Å². The van der Waals surface area contributed by atoms with Gasteiger partial charge >= 0.3 is 17.9 Å². The summed E-state index contributed by atoms with van der Waals surface area (Å²) in [5.74, 6) is -3.86. The van der Waals surface area contributed by atoms with Crippen LogP contribution in [0.5, 0.6) is 0 Å². The van der Waals surface area contributed by atoms with Crippen molar-refractivity contribution in [2.75, 3.05) is 13.7 Å². The molecule has 4 unspecified atom stereocenters. The van der Waals surface area contributed by atoms with E-state index in [2.05, 4.69) is 0 Å². The van der Waals surface area contributed by atoms with Gasteiger partial charge in [0.2, 0.25) is 5.91 Å². The number of rotatable bonds is 8. The molecule has 2 aliphatic heterocycles. The van der Waals surface area contributed by atoms with Gasteiger partial charge in [-0.15, -0.1) is 0 Å². The number of benzene rings is 1. The van der Waals surface area contributed by atoms with Gasteiger partial charge < -0.3 is 19.1 Å². The van der Waals surface area contributed by atoms with Gasteiger partial charge in [-0.05, 0) is 52.2 Å². The van der Waals surface area contributed by atoms with Gasteiger partial charge in [0.1, 0.15) is 11.6 Å². The van der Waals surface area contributed by atoms with E-state index in [0.717, 1.165) is 12.8 Å². The Hall–Kier alpha value is -2.45. The summed E-state index contributed by atoms with van der Waals surface area (Å²) in [6, 6.07) is 8.21. The normalized spacial score (nSPS) is 26.2. The van der Waals surface area contributed by atoms with E-state index < -0.39 is 41.6 Å². The number of unbranched alkanes of at least 4 members (excludes halogenated alkanes) is 1. The van der Waals surface area contributed by atoms with Gasteiger partial charge in [-0.3, -0.25) is 9.53 Å². The van der Waals surface area contributed by atoms with Crippen molar-refractivity contribution < 1.29 is 33.3 Å². The monoisotopic (exact) mass is 461 g/mol. The van der Waals surface area contributed by atoms with Crippen LogP contribution >= 0.6 is 0 Å². The molecule has 33 heavy (non-hydrogen) atoms. The lowest BCUT2D eigenvalue weighted by molar-refractivity contribution is -0.335. The van der Waals surface area contributed by atoms with Crippen LogP contribution in [0.25, 0.3) is 0 Å². The number of hydrogen-bond donors (Lipinski definition) is 0. The molecule has 2 fully saturated rings. The minimum Gasteiger partial charge on any atom is -0.458 e. The summed E-state index contributed by atoms with van der Waals surface area (Å²) in [5.41, 5.74) is -0.125. The van der Waals surface area contributed by atoms with E-state index >= 15 is 0 Å². The fraction of sp³-hybridized carbons (Fsp3) is 0.640. The summed E-state index contributed by atoms with van der Waals surface area (Å²) in [6.45, 7) is 7.84. The molecule has 2 saturated heterocycles. The Bertz CT molecular complexity index is 850. The smallest absolute Gasteiger partial charge is 0.359 e. The Kier molecular flexibility index (Phi) is 7.80. The van der Waals surface area contributed by atoms with Gasteiger partial charge in [0.25, 0.3) is 0 Å². The third-order valence-corrected chi connectivity index (χ3v) is 5.91. The molecule has 0 spiro atoms. The zero-order chi connectivity index (χ0) is 24.2. The van der Waals surface area contributed by atoms with Crippen molar-refractivity contribution in [2.24, 2.45) is 5.92 Å². The fourth-order valence-corrected chi connectivity index (χ4v) is 4.34. The lowest BCUT2D eigenvalue weighted by Crippen LogP contribution is -2.49. The maximum atomic E-state index is 13.7. The van der Waals surface area contributed by atoms with Crippen LogP contribution < -0.4 is 0 Å². The largest absolute Gasteiger partial charge is 0.458 e. The zero-order valence-electron chi connectivity index (χ0n) is 20.2. The standard InChI is InChI=1S/C25H35NO7/c1-6-7-14-18(21(27)26-16-11-15-19(26)22(28)32-24(2,3)4)20-23(29)33-25(30-5,31-20)17-12-9-8-10-13-17/h8-10,12-13,18-20H,6-7,11,14-16H2,1-5H3. The van der Waals surface area contributed by atoms with Crippen LogP contribution in [0, 0.1) is 5.92 Å². The number of nitrogens with zero attached hydrogens (tertiary/aromatic N) is 1. The average molecular weight is 462 g/mol. The van der Waals surface area contributed by atoms with Crippen molar-refractivity contribution in [1.29, 1.82) is 0 Å². The topological polar surface area (TPSA) is 91.4 Å². The first-order valence-electron chi connectivity index (χ1n) is 11.7. The van der Waals surface area contributed by atoms with E-state index in [0.29, 0.717) is 31.4 Å². The number of methoxy groups -OCH3 is 1. The van der Waals surface area contributed by atoms with Gasteiger partial charge in [-0.1, -0.05) is 38.0 Å². The van der Waals surface area contributed by atoms with Crippen molar-refractivity contribution in [3.05, 3.63) is 35.9 Å². The predicted molar refractivity (Wildman–Crippen MR) is 120 cm³/mol. The highest BCUT2D eigenvalue weighted by Crippen LogP contribution is 2.40. The van der Waals surface area contributed by atoms with Gasteiger partial charge in [-0.2, -0.15) is 0 Å². The molecule has 1 amide bonds. The summed E-state index contributed by atoms with van der Waals surface area (Å²) >= 11 is 0. The number of amides is 1. The van der Waals surface area contributed by atoms with Crippen molar-refractivity contribution in [3.8, 4) is 0 Å². The highest BCUT2D eigenvalue weighted by molar-refractivity contribution is 5.91. The molecule has 8 nitrogen and oxygen atoms in total. The number of hydrogen-bond acceptors (Lipinski definition) is 7. The number of carbonyl (C=O) groups is 3. The van der Waals surface area contributed by atoms with Crippen molar-refractivity contribution in [2.45, 2.75) is 83.5 Å². The van der Waals surface area contributed by atoms with Crippen molar-refractivity contribution in [1.82, 2.24) is 4.90 Å². The molecule has 0 aliphatic carbocycles. The molecule has 0 radical (unpaired) electrons. The maximum Gasteiger partial charge on any atom is 0.359 e. The molecule has 0 N–H and O–H groups in total. The highest BCUT2D eigenvalue weighted by Gasteiger charge is 2.55. The SMILES string of the molecule is CCCCC(C(=O)N1CCCC1C(=O)OC(C)(C)C)C1OC(OC)(c2ccccc2)OC1=O. The second-order valence-electron chi connectivity index (χ2n) is 9.56. The molecule has 1 aromatic carbocycles. The van der Waals surface area contributed by atoms with E-state index in [1.165, 1.54) is 7.11 Å². The molecule has 8 heteroatoms. The summed E-state index contributed by atoms with van der Waals surface area (Å²) in [7, 11) is 1.39. The maximum absolute atomic E-state index is 13.7. The third kappa shape index (κ3) is 5.55. The number of esters is 2. The second-order valence-corrected chi connectivity index (χ2v) is 9.56. The molecule has 2 heterocycles. The molecule has 0 aromatic heterocycles. The average Bonchev–Trinajstić information content (AvgIpc) is 3.39. The van der Waals surface area contributed by atoms with Crippen LogP contribution in [0.2, 0.25) is 0 Å². The van der Waals surface area contributed by atoms with Gasteiger partial charge in [0.05, 0.1) is 11.5 Å². The van der Waals surface area contributed by atoms with Crippen molar-refractivity contribution in [3.63, 3.8) is 0 Å². The molecule has 3 rings (SSSR count). The minimum atomic E-state index is -1.71. The van der Waals surface area contributed by atoms with E-state index in [1.807, 2.05) is 13.0 Å². The highest BCUT2D eigenvalue weighted by atomic mass is 16.9. The summed E-state index contributed by atoms with van der Waals surface area (Å²) in [5, 5.41) is 0. The minimum absolute atomic E-state index is 0.293. The van der Waals surface area contributed by atoms with Crippen LogP contribution in [0.1, 0.15) is 65.4 Å². The molecule has 2 aliphatic rings. The first-order valence-corrected chi connectivity index (χ1v) is 11.7. The number of cyclic esters (lactones) is 1. The van der Waals surface area contributed by atoms with Crippen molar-refractivity contribution >= 4 is 17.8 Å². The molecule has 1 aromatic rings. The summed E-state index contributed by atoms with van der Waals surface area (Å²) < 4.78 is 22.7. The van der Waals surface area contributed by atoms with E-state index in [-0.39, 0.29) is 5.91 Å². The summed E-state index contributed by atoms with van der Waals surface area (Å²) in [4.78, 5) is 41.0. The zero-order valence-corrected chi connectivity index (χ0v) is 20.2. The molecule has 0 saturated carbocycles. The Labute approximate surface area is 195 Å². The number of likely N-dealkylation sites (tertiary alicyclic amines) is 1. The van der Waals surface area contributed by atoms with Crippen LogP contribution in [-0.2, 0) is 39.3 Å². The van der Waals surface area contributed by atoms with Crippen LogP contribution in [0.15, 0.2) is 30.3 Å². The second kappa shape index (κ2) is 10.2. The molecular weight excluding hydrogens is 426 g/mol. The van der Waals surface area contributed by atoms with Gasteiger partial charge in [0.15, 0.2) is 6.10 Å². The fourth-order valence-electron chi connectivity index (χ4n) is 4.34. The Morgan fingerprint density at radius 2 is 1.94 bits per heavy atom. The Morgan fingerprint density at radius 1 is 1.24 bits per heavy atom. The Morgan fingerprint density at radius 3 is 2.55 bits per heavy atom. The summed E-state index contributed by atoms with van der Waals surface area (Å²) in [6.07, 6.45) is 2.08. The first kappa shape index (κ1) is 25.2. The number of ether oxygens (including phenoxy) is 4. The molecule has 4 atom stereocenters. The van der Waals surface area contributed by atoms with Crippen LogP contribution in [0.3, 0.4) is 0 Å². The third-order valence-electron chi connectivity index (χ3n) is 5.91. The van der Waals surface area contributed by atoms with E-state index in [9.17, 15) is 14.4 Å². The van der Waals surface area contributed by atoms with Gasteiger partial charge in [0, 0.05) is 13.7 Å². The first-order chi connectivity index (χ1) is 15.6. The van der Waals surface area contributed by atoms with Crippen LogP contribution in [0.4, 0.5) is 0 Å². The van der Waals surface area contributed by atoms with Crippen LogP contribution in [-0.4, -0.2) is 54.1 Å². The predicted octanol–water partition coefficient (Wildman–Crippen LogP) is 3.52. The van der Waals surface area contributed by atoms with E-state index in [1.54, 1.807) is 49.9 Å². The lowest BCUT2D eigenvalue weighted by atomic mass is 9.94. The lowest BCUT2D eigenvalue weighted by Gasteiger charge is -2.31. The Balaban J connectivity index is 1.85. The quantitative estimate of drug-likeness (QED) is 0.547. The molecule has 182 valence electrons. The van der Waals surface area contributed by atoms with E-state index in [4.69, 9.17) is 18.9 Å². The molecular formula is C25H35NO7. The number of carbonyl (C=O) groups excluding carboxylic acids is 3. The molecule has 0 bridgehead atoms.